The minimum absolute atomic E-state index is 0.207. The second kappa shape index (κ2) is 8.69. The third kappa shape index (κ3) is 5.07. The molecule has 2 rings (SSSR count). The zero-order chi connectivity index (χ0) is 20.9. The summed E-state index contributed by atoms with van der Waals surface area (Å²) < 4.78 is 39.6. The first-order valence-electron chi connectivity index (χ1n) is 9.12. The number of nitrogens with zero attached hydrogens (tertiary/aromatic N) is 1. The summed E-state index contributed by atoms with van der Waals surface area (Å²) in [7, 11) is 1.61. The van der Waals surface area contributed by atoms with E-state index in [4.69, 9.17) is 15.2 Å². The van der Waals surface area contributed by atoms with Crippen molar-refractivity contribution in [3.8, 4) is 5.75 Å². The van der Waals surface area contributed by atoms with Gasteiger partial charge in [-0.1, -0.05) is 43.9 Å². The lowest BCUT2D eigenvalue weighted by atomic mass is 9.93. The molecular weight excluding hydrogens is 362 g/mol. The number of hydrogen-bond acceptors (Lipinski definition) is 3. The van der Waals surface area contributed by atoms with E-state index >= 15 is 0 Å². The molecule has 0 heterocycles. The molecular formula is C22H28F2N2O2. The Hall–Kier alpha value is -2.47. The summed E-state index contributed by atoms with van der Waals surface area (Å²) in [6.07, 6.45) is 5.52. The molecule has 0 saturated carbocycles. The van der Waals surface area contributed by atoms with Gasteiger partial charge in [0.1, 0.15) is 11.6 Å². The maximum atomic E-state index is 14.7. The summed E-state index contributed by atoms with van der Waals surface area (Å²) >= 11 is 0. The van der Waals surface area contributed by atoms with E-state index in [1.165, 1.54) is 0 Å². The van der Waals surface area contributed by atoms with Crippen LogP contribution >= 0.6 is 0 Å². The predicted octanol–water partition coefficient (Wildman–Crippen LogP) is 4.67. The number of rotatable bonds is 8. The lowest BCUT2D eigenvalue weighted by Gasteiger charge is -2.36. The third-order valence-corrected chi connectivity index (χ3v) is 4.90. The van der Waals surface area contributed by atoms with Gasteiger partial charge in [-0.05, 0) is 37.6 Å². The third-order valence-electron chi connectivity index (χ3n) is 4.90. The molecule has 4 atom stereocenters. The maximum absolute atomic E-state index is 14.7. The summed E-state index contributed by atoms with van der Waals surface area (Å²) in [6, 6.07) is 7.58. The van der Waals surface area contributed by atoms with Crippen molar-refractivity contribution in [3.05, 3.63) is 66.3 Å². The molecule has 0 spiro atoms. The van der Waals surface area contributed by atoms with Crippen LogP contribution in [0.5, 0.6) is 5.75 Å². The molecule has 0 aliphatic heterocycles. The van der Waals surface area contributed by atoms with Crippen molar-refractivity contribution in [2.45, 2.75) is 44.9 Å². The monoisotopic (exact) mass is 390 g/mol. The van der Waals surface area contributed by atoms with Crippen LogP contribution in [0.25, 0.3) is 0 Å². The molecule has 0 amide bonds. The van der Waals surface area contributed by atoms with Crippen LogP contribution < -0.4 is 10.5 Å². The van der Waals surface area contributed by atoms with E-state index in [0.717, 1.165) is 36.8 Å². The van der Waals surface area contributed by atoms with Gasteiger partial charge in [0.15, 0.2) is 5.67 Å². The van der Waals surface area contributed by atoms with Crippen LogP contribution in [-0.2, 0) is 11.3 Å². The lowest BCUT2D eigenvalue weighted by molar-refractivity contribution is -0.218. The van der Waals surface area contributed by atoms with Gasteiger partial charge in [-0.3, -0.25) is 4.99 Å². The molecule has 4 nitrogen and oxygen atoms in total. The minimum atomic E-state index is -2.50. The summed E-state index contributed by atoms with van der Waals surface area (Å²) in [5.74, 6) is -1.59. The first-order valence-corrected chi connectivity index (χ1v) is 9.12. The topological polar surface area (TPSA) is 56.8 Å². The Morgan fingerprint density at radius 3 is 2.68 bits per heavy atom. The summed E-state index contributed by atoms with van der Waals surface area (Å²) in [5.41, 5.74) is 5.49. The first-order chi connectivity index (χ1) is 13.1. The van der Waals surface area contributed by atoms with Gasteiger partial charge in [-0.2, -0.15) is 0 Å². The molecule has 4 unspecified atom stereocenters. The number of nitrogens with two attached hydrogens (primary N) is 1. The van der Waals surface area contributed by atoms with Gasteiger partial charge >= 0.3 is 0 Å². The van der Waals surface area contributed by atoms with E-state index in [9.17, 15) is 8.78 Å². The normalized spacial score (nSPS) is 24.1. The predicted molar refractivity (Wildman–Crippen MR) is 109 cm³/mol. The molecule has 0 saturated heterocycles. The van der Waals surface area contributed by atoms with E-state index < -0.39 is 17.6 Å². The van der Waals surface area contributed by atoms with Crippen LogP contribution in [0.1, 0.15) is 26.3 Å². The van der Waals surface area contributed by atoms with Gasteiger partial charge in [-0.15, -0.1) is 0 Å². The zero-order valence-corrected chi connectivity index (χ0v) is 16.8. The zero-order valence-electron chi connectivity index (χ0n) is 16.8. The van der Waals surface area contributed by atoms with Crippen molar-refractivity contribution >= 4 is 5.84 Å². The van der Waals surface area contributed by atoms with Crippen LogP contribution in [0, 0.1) is 5.92 Å². The van der Waals surface area contributed by atoms with Crippen molar-refractivity contribution in [1.29, 1.82) is 0 Å². The number of methoxy groups -OCH3 is 1. The Labute approximate surface area is 165 Å². The van der Waals surface area contributed by atoms with E-state index in [1.807, 2.05) is 37.3 Å². The van der Waals surface area contributed by atoms with Crippen LogP contribution in [0.3, 0.4) is 0 Å². The van der Waals surface area contributed by atoms with Gasteiger partial charge < -0.3 is 15.2 Å². The second-order valence-corrected chi connectivity index (χ2v) is 7.17. The summed E-state index contributed by atoms with van der Waals surface area (Å²) in [5, 5.41) is 0. The van der Waals surface area contributed by atoms with Crippen molar-refractivity contribution in [2.24, 2.45) is 16.6 Å². The van der Waals surface area contributed by atoms with Crippen molar-refractivity contribution < 1.29 is 18.3 Å². The fourth-order valence-electron chi connectivity index (χ4n) is 2.72. The van der Waals surface area contributed by atoms with Crippen molar-refractivity contribution in [3.63, 3.8) is 0 Å². The smallest absolute Gasteiger partial charge is 0.244 e. The Morgan fingerprint density at radius 1 is 1.36 bits per heavy atom. The number of ether oxygens (including phenoxy) is 2. The number of aliphatic imine (C=N–C) groups is 1. The van der Waals surface area contributed by atoms with Crippen LogP contribution in [0.15, 0.2) is 65.7 Å². The van der Waals surface area contributed by atoms with Crippen molar-refractivity contribution in [1.82, 2.24) is 0 Å². The molecule has 1 aliphatic carbocycles. The number of hydrogen-bond donors (Lipinski definition) is 1. The molecule has 1 aromatic carbocycles. The Morgan fingerprint density at radius 2 is 2.07 bits per heavy atom. The molecule has 1 aromatic rings. The fourth-order valence-corrected chi connectivity index (χ4v) is 2.72. The second-order valence-electron chi connectivity index (χ2n) is 7.17. The summed E-state index contributed by atoms with van der Waals surface area (Å²) in [6.45, 7) is 7.76. The highest BCUT2D eigenvalue weighted by molar-refractivity contribution is 5.99. The van der Waals surface area contributed by atoms with Gasteiger partial charge in [-0.25, -0.2) is 8.78 Å². The first kappa shape index (κ1) is 21.8. The highest BCUT2D eigenvalue weighted by Crippen LogP contribution is 2.36. The molecule has 6 heteroatoms. The highest BCUT2D eigenvalue weighted by Gasteiger charge is 2.47. The Bertz CT molecular complexity index is 797. The van der Waals surface area contributed by atoms with Gasteiger partial charge in [0.25, 0.3) is 0 Å². The fraction of sp³-hybridized carbons (Fsp3) is 0.409. The van der Waals surface area contributed by atoms with Gasteiger partial charge in [0.2, 0.25) is 5.85 Å². The number of benzene rings is 1. The van der Waals surface area contributed by atoms with E-state index in [2.05, 4.69) is 11.6 Å². The van der Waals surface area contributed by atoms with E-state index in [1.54, 1.807) is 19.3 Å². The summed E-state index contributed by atoms with van der Waals surface area (Å²) in [4.78, 5) is 4.41. The molecule has 2 N–H and O–H groups in total. The standard InChI is InChI=1S/C22H28F2N2O2/c1-6-21(3,23)22(4,24)28-19-11-10-17(12-15(19)2)20(25)26-14-16-8-7-9-18(13-16)27-5/h6-13,15,19H,1,14H2,2-5H3,(H2,25,26). The molecule has 152 valence electrons. The molecule has 0 fully saturated rings. The van der Waals surface area contributed by atoms with E-state index in [0.29, 0.717) is 12.4 Å². The number of amidine groups is 1. The number of alkyl halides is 2. The van der Waals surface area contributed by atoms with Gasteiger partial charge in [0.05, 0.1) is 19.8 Å². The Kier molecular flexibility index (Phi) is 6.77. The van der Waals surface area contributed by atoms with Gasteiger partial charge in [0, 0.05) is 11.5 Å². The minimum Gasteiger partial charge on any atom is -0.497 e. The molecule has 1 aliphatic rings. The Balaban J connectivity index is 2.06. The molecule has 0 radical (unpaired) electrons. The largest absolute Gasteiger partial charge is 0.497 e. The molecule has 28 heavy (non-hydrogen) atoms. The van der Waals surface area contributed by atoms with Crippen LogP contribution in [0.4, 0.5) is 8.78 Å². The van der Waals surface area contributed by atoms with Crippen LogP contribution in [-0.4, -0.2) is 30.6 Å². The molecule has 0 aromatic heterocycles. The van der Waals surface area contributed by atoms with E-state index in [-0.39, 0.29) is 5.92 Å². The lowest BCUT2D eigenvalue weighted by Crippen LogP contribution is -2.46. The van der Waals surface area contributed by atoms with Crippen LogP contribution in [0.2, 0.25) is 0 Å². The maximum Gasteiger partial charge on any atom is 0.244 e. The van der Waals surface area contributed by atoms with Crippen molar-refractivity contribution in [2.75, 3.05) is 7.11 Å². The molecule has 0 bridgehead atoms. The SMILES string of the molecule is C=CC(C)(F)C(C)(F)OC1C=CC(C(N)=NCc2cccc(OC)c2)=CC1C. The average molecular weight is 390 g/mol. The quantitative estimate of drug-likeness (QED) is 0.399. The average Bonchev–Trinajstić information content (AvgIpc) is 2.67. The number of halogens is 2. The highest BCUT2D eigenvalue weighted by atomic mass is 19.2.